The molecular weight excluding hydrogens is 287 g/mol. The van der Waals surface area contributed by atoms with Crippen LogP contribution in [0.4, 0.5) is 0 Å². The zero-order chi connectivity index (χ0) is 14.9. The van der Waals surface area contributed by atoms with Crippen LogP contribution in [0.1, 0.15) is 0 Å². The van der Waals surface area contributed by atoms with Crippen LogP contribution in [-0.2, 0) is 9.09 Å². The van der Waals surface area contributed by atoms with Crippen LogP contribution in [-0.4, -0.2) is 4.89 Å². The average molecular weight is 300 g/mol. The van der Waals surface area contributed by atoms with E-state index < -0.39 is 7.82 Å². The Kier molecular flexibility index (Phi) is 3.42. The summed E-state index contributed by atoms with van der Waals surface area (Å²) in [6.07, 6.45) is 0.890. The summed E-state index contributed by atoms with van der Waals surface area (Å²) >= 11 is 0. The van der Waals surface area contributed by atoms with Crippen LogP contribution in [0.15, 0.2) is 67.4 Å². The molecule has 0 spiro atoms. The second-order valence-corrected chi connectivity index (χ2v) is 5.84. The summed E-state index contributed by atoms with van der Waals surface area (Å²) in [5.74, 6) is 0.297. The van der Waals surface area contributed by atoms with E-state index >= 15 is 0 Å². The van der Waals surface area contributed by atoms with Crippen molar-refractivity contribution >= 4 is 29.4 Å². The molecule has 0 aliphatic rings. The van der Waals surface area contributed by atoms with Gasteiger partial charge in [0.1, 0.15) is 5.75 Å². The second-order valence-electron chi connectivity index (χ2n) is 4.51. The zero-order valence-electron chi connectivity index (χ0n) is 11.1. The van der Waals surface area contributed by atoms with E-state index in [2.05, 4.69) is 11.1 Å². The Morgan fingerprint density at radius 1 is 1.00 bits per heavy atom. The van der Waals surface area contributed by atoms with Crippen LogP contribution >= 0.6 is 7.82 Å². The van der Waals surface area contributed by atoms with E-state index in [1.807, 2.05) is 42.5 Å². The molecule has 1 unspecified atom stereocenters. The van der Waals surface area contributed by atoms with Gasteiger partial charge in [0.25, 0.3) is 0 Å². The number of benzene rings is 3. The van der Waals surface area contributed by atoms with E-state index in [4.69, 9.17) is 4.52 Å². The van der Waals surface area contributed by atoms with Crippen LogP contribution in [0.5, 0.6) is 5.75 Å². The highest BCUT2D eigenvalue weighted by Crippen LogP contribution is 2.46. The number of phosphoric ester groups is 1. The molecule has 0 saturated carbocycles. The molecule has 0 amide bonds. The molecule has 1 N–H and O–H groups in total. The summed E-state index contributed by atoms with van der Waals surface area (Å²) in [5, 5.41) is 3.79. The minimum absolute atomic E-state index is 0.297. The first kappa shape index (κ1) is 13.7. The predicted molar refractivity (Wildman–Crippen MR) is 83.2 cm³/mol. The van der Waals surface area contributed by atoms with Gasteiger partial charge in [0.15, 0.2) is 0 Å². The number of phosphoric acid groups is 1. The Bertz CT molecular complexity index is 872. The summed E-state index contributed by atoms with van der Waals surface area (Å²) in [5.41, 5.74) is 0. The molecule has 3 aromatic carbocycles. The lowest BCUT2D eigenvalue weighted by molar-refractivity contribution is 0.268. The van der Waals surface area contributed by atoms with Crippen LogP contribution < -0.4 is 4.52 Å². The fraction of sp³-hybridized carbons (Fsp3) is 0. The lowest BCUT2D eigenvalue weighted by Gasteiger charge is -2.13. The first-order valence-electron chi connectivity index (χ1n) is 6.32. The molecule has 21 heavy (non-hydrogen) atoms. The number of rotatable bonds is 4. The van der Waals surface area contributed by atoms with Gasteiger partial charge in [0.2, 0.25) is 0 Å². The summed E-state index contributed by atoms with van der Waals surface area (Å²) in [6.45, 7) is 3.26. The third kappa shape index (κ3) is 2.77. The molecule has 0 aromatic heterocycles. The fourth-order valence-electron chi connectivity index (χ4n) is 2.26. The summed E-state index contributed by atoms with van der Waals surface area (Å²) < 4.78 is 21.4. The van der Waals surface area contributed by atoms with Crippen molar-refractivity contribution in [1.29, 1.82) is 0 Å². The van der Waals surface area contributed by atoms with Gasteiger partial charge in [-0.05, 0) is 34.4 Å². The van der Waals surface area contributed by atoms with Gasteiger partial charge in [0.05, 0.1) is 6.26 Å². The average Bonchev–Trinajstić information content (AvgIpc) is 2.45. The first-order chi connectivity index (χ1) is 10.1. The molecular formula is C16H13O4P. The second kappa shape index (κ2) is 5.24. The fourth-order valence-corrected chi connectivity index (χ4v) is 2.90. The van der Waals surface area contributed by atoms with Gasteiger partial charge < -0.3 is 9.05 Å². The van der Waals surface area contributed by atoms with E-state index in [9.17, 15) is 9.46 Å². The van der Waals surface area contributed by atoms with E-state index in [0.29, 0.717) is 5.75 Å². The molecule has 0 heterocycles. The van der Waals surface area contributed by atoms with Gasteiger partial charge in [-0.2, -0.15) is 0 Å². The van der Waals surface area contributed by atoms with Gasteiger partial charge >= 0.3 is 7.82 Å². The van der Waals surface area contributed by atoms with Crippen molar-refractivity contribution in [1.82, 2.24) is 0 Å². The molecule has 0 radical (unpaired) electrons. The highest BCUT2D eigenvalue weighted by atomic mass is 31.2. The van der Waals surface area contributed by atoms with Crippen molar-refractivity contribution in [2.24, 2.45) is 0 Å². The van der Waals surface area contributed by atoms with Crippen LogP contribution in [0, 0.1) is 0 Å². The van der Waals surface area contributed by atoms with Crippen molar-refractivity contribution in [2.45, 2.75) is 0 Å². The number of hydrogen-bond donors (Lipinski definition) is 1. The van der Waals surface area contributed by atoms with Crippen molar-refractivity contribution in [3.05, 3.63) is 67.4 Å². The molecule has 4 nitrogen and oxygen atoms in total. The molecule has 1 atom stereocenters. The van der Waals surface area contributed by atoms with Gasteiger partial charge in [-0.15, -0.1) is 0 Å². The molecule has 106 valence electrons. The van der Waals surface area contributed by atoms with Crippen molar-refractivity contribution in [3.63, 3.8) is 0 Å². The van der Waals surface area contributed by atoms with Crippen LogP contribution in [0.2, 0.25) is 0 Å². The quantitative estimate of drug-likeness (QED) is 0.433. The van der Waals surface area contributed by atoms with E-state index in [1.54, 1.807) is 12.1 Å². The van der Waals surface area contributed by atoms with E-state index in [-0.39, 0.29) is 0 Å². The van der Waals surface area contributed by atoms with Crippen LogP contribution in [0.25, 0.3) is 21.5 Å². The van der Waals surface area contributed by atoms with Gasteiger partial charge in [0, 0.05) is 5.39 Å². The maximum atomic E-state index is 11.7. The predicted octanol–water partition coefficient (Wildman–Crippen LogP) is 4.63. The Balaban J connectivity index is 2.17. The van der Waals surface area contributed by atoms with Crippen molar-refractivity contribution < 1.29 is 18.5 Å². The monoisotopic (exact) mass is 300 g/mol. The molecule has 0 bridgehead atoms. The summed E-state index contributed by atoms with van der Waals surface area (Å²) in [4.78, 5) is 9.58. The first-order valence-corrected chi connectivity index (χ1v) is 7.82. The molecule has 0 aliphatic heterocycles. The molecule has 3 rings (SSSR count). The molecule has 0 fully saturated rings. The van der Waals surface area contributed by atoms with E-state index in [0.717, 1.165) is 27.8 Å². The topological polar surface area (TPSA) is 55.8 Å². The highest BCUT2D eigenvalue weighted by Gasteiger charge is 2.23. The van der Waals surface area contributed by atoms with Crippen LogP contribution in [0.3, 0.4) is 0 Å². The number of fused-ring (bicyclic) bond motifs is 2. The lowest BCUT2D eigenvalue weighted by atomic mass is 10.0. The molecule has 0 saturated heterocycles. The summed E-state index contributed by atoms with van der Waals surface area (Å²) in [6, 6.07) is 17.1. The smallest absolute Gasteiger partial charge is 0.404 e. The Morgan fingerprint density at radius 2 is 1.67 bits per heavy atom. The number of hydrogen-bond acceptors (Lipinski definition) is 3. The highest BCUT2D eigenvalue weighted by molar-refractivity contribution is 7.48. The third-order valence-electron chi connectivity index (χ3n) is 3.13. The Hall–Kier alpha value is -2.29. The standard InChI is InChI=1S/C16H13O4P/c1-2-19-21(17,18)20-16-9-5-8-14-10-12-6-3-4-7-13(12)11-15(14)16/h2-11H,1H2,(H,17,18). The Morgan fingerprint density at radius 3 is 2.38 bits per heavy atom. The SMILES string of the molecule is C=COP(=O)(O)Oc1cccc2cc3ccccc3cc12. The largest absolute Gasteiger partial charge is 0.584 e. The van der Waals surface area contributed by atoms with Gasteiger partial charge in [-0.1, -0.05) is 43.0 Å². The van der Waals surface area contributed by atoms with E-state index in [1.165, 1.54) is 0 Å². The van der Waals surface area contributed by atoms with Gasteiger partial charge in [-0.25, -0.2) is 4.57 Å². The molecule has 3 aromatic rings. The maximum Gasteiger partial charge on any atom is 0.584 e. The minimum Gasteiger partial charge on any atom is -0.404 e. The Labute approximate surface area is 121 Å². The lowest BCUT2D eigenvalue weighted by Crippen LogP contribution is -1.94. The zero-order valence-corrected chi connectivity index (χ0v) is 12.0. The molecule has 0 aliphatic carbocycles. The maximum absolute atomic E-state index is 11.7. The van der Waals surface area contributed by atoms with Gasteiger partial charge in [-0.3, -0.25) is 4.89 Å². The normalized spacial score (nSPS) is 13.8. The summed E-state index contributed by atoms with van der Waals surface area (Å²) in [7, 11) is -4.20. The minimum atomic E-state index is -4.20. The van der Waals surface area contributed by atoms with Crippen molar-refractivity contribution in [2.75, 3.05) is 0 Å². The van der Waals surface area contributed by atoms with Crippen molar-refractivity contribution in [3.8, 4) is 5.75 Å². The third-order valence-corrected chi connectivity index (χ3v) is 3.97. The molecule has 5 heteroatoms.